The van der Waals surface area contributed by atoms with Crippen molar-refractivity contribution in [2.24, 2.45) is 0 Å². The summed E-state index contributed by atoms with van der Waals surface area (Å²) < 4.78 is 6.03. The van der Waals surface area contributed by atoms with Gasteiger partial charge in [-0.3, -0.25) is 14.9 Å². The summed E-state index contributed by atoms with van der Waals surface area (Å²) in [5, 5.41) is 5.93. The first-order valence-electron chi connectivity index (χ1n) is 11.5. The Balaban J connectivity index is 1.31. The predicted molar refractivity (Wildman–Crippen MR) is 150 cm³/mol. The third-order valence-corrected chi connectivity index (χ3v) is 6.76. The lowest BCUT2D eigenvalue weighted by atomic mass is 10.1. The van der Waals surface area contributed by atoms with Crippen LogP contribution >= 0.6 is 28.1 Å². The average Bonchev–Trinajstić information content (AvgIpc) is 2.89. The van der Waals surface area contributed by atoms with Gasteiger partial charge in [-0.05, 0) is 73.2 Å². The van der Waals surface area contributed by atoms with Crippen LogP contribution in [0.25, 0.3) is 0 Å². The van der Waals surface area contributed by atoms with E-state index < -0.39 is 0 Å². The van der Waals surface area contributed by atoms with Crippen LogP contribution in [0, 0.1) is 6.92 Å². The second-order valence-corrected chi connectivity index (χ2v) is 9.72. The van der Waals surface area contributed by atoms with Crippen LogP contribution < -0.4 is 20.3 Å². The standard InChI is InChI=1S/C27H27BrN4O3S/c1-18-5-3-4-6-22(18)26(34)32-15-13-31(14-16-32)21-10-8-20(9-11-21)29-27(36)30-25(33)23-17-19(28)7-12-24(23)35-2/h3-12,17H,13-16H2,1-2H3,(H2,29,30,33,36). The molecule has 2 amide bonds. The summed E-state index contributed by atoms with van der Waals surface area (Å²) in [6, 6.07) is 20.7. The predicted octanol–water partition coefficient (Wildman–Crippen LogP) is 4.86. The SMILES string of the molecule is COc1ccc(Br)cc1C(=O)NC(=S)Nc1ccc(N2CCN(C(=O)c3ccccc3C)CC2)cc1. The lowest BCUT2D eigenvalue weighted by molar-refractivity contribution is 0.0746. The van der Waals surface area contributed by atoms with Crippen molar-refractivity contribution in [3.63, 3.8) is 0 Å². The van der Waals surface area contributed by atoms with Crippen LogP contribution in [0.5, 0.6) is 5.75 Å². The van der Waals surface area contributed by atoms with Crippen LogP contribution in [-0.4, -0.2) is 55.1 Å². The van der Waals surface area contributed by atoms with Crippen LogP contribution in [0.2, 0.25) is 0 Å². The number of anilines is 2. The Morgan fingerprint density at radius 1 is 0.944 bits per heavy atom. The molecule has 0 bridgehead atoms. The van der Waals surface area contributed by atoms with Crippen LogP contribution in [0.1, 0.15) is 26.3 Å². The highest BCUT2D eigenvalue weighted by atomic mass is 79.9. The molecule has 0 radical (unpaired) electrons. The first-order valence-corrected chi connectivity index (χ1v) is 12.7. The molecule has 7 nitrogen and oxygen atoms in total. The first-order chi connectivity index (χ1) is 17.4. The maximum absolute atomic E-state index is 12.9. The minimum Gasteiger partial charge on any atom is -0.496 e. The van der Waals surface area contributed by atoms with Crippen LogP contribution in [0.4, 0.5) is 11.4 Å². The Morgan fingerprint density at radius 2 is 1.64 bits per heavy atom. The van der Waals surface area contributed by atoms with Gasteiger partial charge in [0.15, 0.2) is 5.11 Å². The van der Waals surface area contributed by atoms with E-state index in [1.54, 1.807) is 18.2 Å². The van der Waals surface area contributed by atoms with Crippen molar-refractivity contribution >= 4 is 56.4 Å². The minimum absolute atomic E-state index is 0.0864. The van der Waals surface area contributed by atoms with E-state index in [0.717, 1.165) is 40.1 Å². The van der Waals surface area contributed by atoms with Gasteiger partial charge in [0.05, 0.1) is 12.7 Å². The summed E-state index contributed by atoms with van der Waals surface area (Å²) in [4.78, 5) is 29.7. The molecule has 0 aliphatic carbocycles. The smallest absolute Gasteiger partial charge is 0.261 e. The second-order valence-electron chi connectivity index (χ2n) is 8.39. The van der Waals surface area contributed by atoms with Crippen molar-refractivity contribution < 1.29 is 14.3 Å². The highest BCUT2D eigenvalue weighted by Gasteiger charge is 2.23. The minimum atomic E-state index is -0.361. The van der Waals surface area contributed by atoms with Gasteiger partial charge in [0, 0.05) is 47.6 Å². The first kappa shape index (κ1) is 25.7. The van der Waals surface area contributed by atoms with Crippen LogP contribution in [-0.2, 0) is 0 Å². The molecule has 1 saturated heterocycles. The van der Waals surface area contributed by atoms with E-state index in [1.807, 2.05) is 60.4 Å². The molecular weight excluding hydrogens is 540 g/mol. The van der Waals surface area contributed by atoms with Gasteiger partial charge in [0.1, 0.15) is 5.75 Å². The molecule has 9 heteroatoms. The highest BCUT2D eigenvalue weighted by Crippen LogP contribution is 2.23. The number of amides is 2. The van der Waals surface area contributed by atoms with E-state index in [2.05, 4.69) is 31.5 Å². The fourth-order valence-electron chi connectivity index (χ4n) is 4.10. The number of carbonyl (C=O) groups excluding carboxylic acids is 2. The molecule has 0 unspecified atom stereocenters. The van der Waals surface area contributed by atoms with Crippen molar-refractivity contribution in [3.8, 4) is 5.75 Å². The monoisotopic (exact) mass is 566 g/mol. The zero-order valence-corrected chi connectivity index (χ0v) is 22.5. The summed E-state index contributed by atoms with van der Waals surface area (Å²) in [7, 11) is 1.51. The Bertz CT molecular complexity index is 1270. The van der Waals surface area contributed by atoms with Crippen molar-refractivity contribution in [1.29, 1.82) is 0 Å². The number of rotatable bonds is 5. The average molecular weight is 568 g/mol. The van der Waals surface area contributed by atoms with Crippen molar-refractivity contribution in [2.45, 2.75) is 6.92 Å². The second kappa shape index (κ2) is 11.5. The van der Waals surface area contributed by atoms with E-state index >= 15 is 0 Å². The third kappa shape index (κ3) is 6.03. The molecule has 0 aromatic heterocycles. The van der Waals surface area contributed by atoms with Gasteiger partial charge in [-0.25, -0.2) is 0 Å². The maximum Gasteiger partial charge on any atom is 0.261 e. The number of aryl methyl sites for hydroxylation is 1. The number of carbonyl (C=O) groups is 2. The number of nitrogens with one attached hydrogen (secondary N) is 2. The molecule has 0 spiro atoms. The topological polar surface area (TPSA) is 73.9 Å². The summed E-state index contributed by atoms with van der Waals surface area (Å²) >= 11 is 8.70. The number of hydrogen-bond donors (Lipinski definition) is 2. The summed E-state index contributed by atoms with van der Waals surface area (Å²) in [6.07, 6.45) is 0. The van der Waals surface area contributed by atoms with Gasteiger partial charge >= 0.3 is 0 Å². The maximum atomic E-state index is 12.9. The molecule has 4 rings (SSSR count). The summed E-state index contributed by atoms with van der Waals surface area (Å²) in [6.45, 7) is 4.82. The number of ether oxygens (including phenoxy) is 1. The summed E-state index contributed by atoms with van der Waals surface area (Å²) in [5.41, 5.74) is 3.98. The number of benzene rings is 3. The number of nitrogens with zero attached hydrogens (tertiary/aromatic N) is 2. The molecule has 0 saturated carbocycles. The van der Waals surface area contributed by atoms with Gasteiger partial charge in [0.2, 0.25) is 0 Å². The van der Waals surface area contributed by atoms with E-state index in [0.29, 0.717) is 24.4 Å². The molecule has 1 heterocycles. The molecule has 1 fully saturated rings. The van der Waals surface area contributed by atoms with Gasteiger partial charge in [0.25, 0.3) is 11.8 Å². The van der Waals surface area contributed by atoms with Crippen molar-refractivity contribution in [1.82, 2.24) is 10.2 Å². The molecule has 3 aromatic carbocycles. The Hall–Kier alpha value is -3.43. The lowest BCUT2D eigenvalue weighted by Crippen LogP contribution is -2.48. The van der Waals surface area contributed by atoms with Crippen molar-refractivity contribution in [3.05, 3.63) is 87.9 Å². The number of piperazine rings is 1. The van der Waals surface area contributed by atoms with Gasteiger partial charge in [-0.15, -0.1) is 0 Å². The molecule has 1 aliphatic heterocycles. The quantitative estimate of drug-likeness (QED) is 0.430. The van der Waals surface area contributed by atoms with Crippen LogP contribution in [0.15, 0.2) is 71.2 Å². The van der Waals surface area contributed by atoms with E-state index in [4.69, 9.17) is 17.0 Å². The van der Waals surface area contributed by atoms with E-state index in [1.165, 1.54) is 7.11 Å². The van der Waals surface area contributed by atoms with Gasteiger partial charge < -0.3 is 19.9 Å². The van der Waals surface area contributed by atoms with Gasteiger partial charge in [-0.1, -0.05) is 34.1 Å². The number of hydrogen-bond acceptors (Lipinski definition) is 5. The molecule has 3 aromatic rings. The number of halogens is 1. The molecular formula is C27H27BrN4O3S. The fraction of sp³-hybridized carbons (Fsp3) is 0.222. The summed E-state index contributed by atoms with van der Waals surface area (Å²) in [5.74, 6) is 0.187. The Morgan fingerprint density at radius 3 is 2.31 bits per heavy atom. The fourth-order valence-corrected chi connectivity index (χ4v) is 4.67. The Kier molecular flexibility index (Phi) is 8.22. The highest BCUT2D eigenvalue weighted by molar-refractivity contribution is 9.10. The molecule has 2 N–H and O–H groups in total. The number of methoxy groups -OCH3 is 1. The number of thiocarbonyl (C=S) groups is 1. The van der Waals surface area contributed by atoms with Crippen molar-refractivity contribution in [2.75, 3.05) is 43.5 Å². The zero-order valence-electron chi connectivity index (χ0n) is 20.1. The molecule has 36 heavy (non-hydrogen) atoms. The van der Waals surface area contributed by atoms with Crippen LogP contribution in [0.3, 0.4) is 0 Å². The molecule has 186 valence electrons. The zero-order chi connectivity index (χ0) is 25.7. The lowest BCUT2D eigenvalue weighted by Gasteiger charge is -2.36. The van der Waals surface area contributed by atoms with Gasteiger partial charge in [-0.2, -0.15) is 0 Å². The molecule has 0 atom stereocenters. The third-order valence-electron chi connectivity index (χ3n) is 6.07. The van der Waals surface area contributed by atoms with E-state index in [-0.39, 0.29) is 16.9 Å². The normalized spacial score (nSPS) is 13.2. The molecule has 1 aliphatic rings. The van der Waals surface area contributed by atoms with E-state index in [9.17, 15) is 9.59 Å². The Labute approximate surface area is 224 Å². The largest absolute Gasteiger partial charge is 0.496 e.